The summed E-state index contributed by atoms with van der Waals surface area (Å²) >= 11 is 7.52. The lowest BCUT2D eigenvalue weighted by molar-refractivity contribution is -0.116. The highest BCUT2D eigenvalue weighted by Gasteiger charge is 2.27. The lowest BCUT2D eigenvalue weighted by Gasteiger charge is -2.30. The van der Waals surface area contributed by atoms with Crippen LogP contribution in [0.1, 0.15) is 29.8 Å². The van der Waals surface area contributed by atoms with E-state index >= 15 is 0 Å². The van der Waals surface area contributed by atoms with E-state index < -0.39 is 5.82 Å². The molecule has 4 nitrogen and oxygen atoms in total. The SMILES string of the molecule is CC(C)NC(=O)c1ccc2c(c1)N(Cc1c(F)cccc1Cl)C(=O)CS2. The third-order valence-corrected chi connectivity index (χ3v) is 5.36. The Bertz CT molecular complexity index is 852. The van der Waals surface area contributed by atoms with Crippen molar-refractivity contribution >= 4 is 40.9 Å². The highest BCUT2D eigenvalue weighted by molar-refractivity contribution is 8.00. The van der Waals surface area contributed by atoms with Crippen molar-refractivity contribution in [3.63, 3.8) is 0 Å². The van der Waals surface area contributed by atoms with Gasteiger partial charge in [0.25, 0.3) is 5.91 Å². The summed E-state index contributed by atoms with van der Waals surface area (Å²) in [6.07, 6.45) is 0. The second-order valence-electron chi connectivity index (χ2n) is 6.28. The van der Waals surface area contributed by atoms with Crippen molar-refractivity contribution in [2.75, 3.05) is 10.7 Å². The van der Waals surface area contributed by atoms with Gasteiger partial charge in [0.15, 0.2) is 0 Å². The van der Waals surface area contributed by atoms with Crippen LogP contribution in [0.3, 0.4) is 0 Å². The number of amides is 2. The molecule has 2 aromatic rings. The van der Waals surface area contributed by atoms with Crippen molar-refractivity contribution in [3.05, 3.63) is 58.4 Å². The summed E-state index contributed by atoms with van der Waals surface area (Å²) in [6.45, 7) is 3.78. The van der Waals surface area contributed by atoms with Crippen molar-refractivity contribution in [3.8, 4) is 0 Å². The van der Waals surface area contributed by atoms with Crippen LogP contribution in [0, 0.1) is 5.82 Å². The molecule has 0 spiro atoms. The molecule has 136 valence electrons. The molecule has 26 heavy (non-hydrogen) atoms. The minimum Gasteiger partial charge on any atom is -0.350 e. The van der Waals surface area contributed by atoms with Gasteiger partial charge in [-0.1, -0.05) is 17.7 Å². The Morgan fingerprint density at radius 3 is 2.81 bits per heavy atom. The van der Waals surface area contributed by atoms with Crippen molar-refractivity contribution in [2.24, 2.45) is 0 Å². The van der Waals surface area contributed by atoms with Gasteiger partial charge in [0.05, 0.1) is 18.0 Å². The summed E-state index contributed by atoms with van der Waals surface area (Å²) in [6, 6.07) is 9.66. The molecular weight excluding hydrogens is 375 g/mol. The van der Waals surface area contributed by atoms with E-state index in [1.807, 2.05) is 19.9 Å². The number of nitrogens with zero attached hydrogens (tertiary/aromatic N) is 1. The number of thioether (sulfide) groups is 1. The predicted octanol–water partition coefficient (Wildman–Crippen LogP) is 4.26. The van der Waals surface area contributed by atoms with Crippen molar-refractivity contribution in [1.29, 1.82) is 0 Å². The first kappa shape index (κ1) is 18.7. The van der Waals surface area contributed by atoms with Gasteiger partial charge in [-0.25, -0.2) is 4.39 Å². The fourth-order valence-electron chi connectivity index (χ4n) is 2.70. The van der Waals surface area contributed by atoms with Gasteiger partial charge < -0.3 is 10.2 Å². The monoisotopic (exact) mass is 392 g/mol. The molecule has 0 unspecified atom stereocenters. The molecular formula is C19H18ClFN2O2S. The topological polar surface area (TPSA) is 49.4 Å². The maximum atomic E-state index is 14.2. The second-order valence-corrected chi connectivity index (χ2v) is 7.70. The predicted molar refractivity (Wildman–Crippen MR) is 102 cm³/mol. The first-order valence-corrected chi connectivity index (χ1v) is 9.54. The van der Waals surface area contributed by atoms with Crippen LogP contribution in [0.5, 0.6) is 0 Å². The molecule has 0 aromatic heterocycles. The molecule has 1 N–H and O–H groups in total. The van der Waals surface area contributed by atoms with Crippen molar-refractivity contribution < 1.29 is 14.0 Å². The summed E-state index contributed by atoms with van der Waals surface area (Å²) < 4.78 is 14.2. The molecule has 1 heterocycles. The molecule has 2 aromatic carbocycles. The summed E-state index contributed by atoms with van der Waals surface area (Å²) in [5, 5.41) is 3.10. The molecule has 0 fully saturated rings. The fourth-order valence-corrected chi connectivity index (χ4v) is 3.84. The number of nitrogens with one attached hydrogen (secondary N) is 1. The number of rotatable bonds is 4. The Morgan fingerprint density at radius 1 is 1.35 bits per heavy atom. The first-order valence-electron chi connectivity index (χ1n) is 8.17. The van der Waals surface area contributed by atoms with Gasteiger partial charge in [-0.3, -0.25) is 9.59 Å². The normalized spacial score (nSPS) is 13.7. The zero-order valence-corrected chi connectivity index (χ0v) is 16.0. The quantitative estimate of drug-likeness (QED) is 0.845. The molecule has 0 radical (unpaired) electrons. The number of hydrogen-bond donors (Lipinski definition) is 1. The third-order valence-electron chi connectivity index (χ3n) is 3.96. The molecule has 1 aliphatic heterocycles. The number of fused-ring (bicyclic) bond motifs is 1. The Kier molecular flexibility index (Phi) is 5.53. The largest absolute Gasteiger partial charge is 0.350 e. The van der Waals surface area contributed by atoms with Crippen molar-refractivity contribution in [1.82, 2.24) is 5.32 Å². The van der Waals surface area contributed by atoms with Gasteiger partial charge in [0.2, 0.25) is 5.91 Å². The van der Waals surface area contributed by atoms with Gasteiger partial charge in [-0.05, 0) is 44.2 Å². The number of carbonyl (C=O) groups is 2. The van der Waals surface area contributed by atoms with Gasteiger partial charge >= 0.3 is 0 Å². The molecule has 0 saturated carbocycles. The van der Waals surface area contributed by atoms with Crippen LogP contribution >= 0.6 is 23.4 Å². The highest BCUT2D eigenvalue weighted by Crippen LogP contribution is 2.37. The number of carbonyl (C=O) groups excluding carboxylic acids is 2. The Labute approximate surface area is 160 Å². The minimum absolute atomic E-state index is 0.00265. The van der Waals surface area contributed by atoms with Gasteiger partial charge in [-0.2, -0.15) is 0 Å². The van der Waals surface area contributed by atoms with E-state index in [0.717, 1.165) is 4.90 Å². The van der Waals surface area contributed by atoms with Gasteiger partial charge in [0.1, 0.15) is 5.82 Å². The summed E-state index contributed by atoms with van der Waals surface area (Å²) in [4.78, 5) is 27.1. The van der Waals surface area contributed by atoms with Crippen LogP contribution in [-0.2, 0) is 11.3 Å². The van der Waals surface area contributed by atoms with Gasteiger partial charge in [0, 0.05) is 27.1 Å². The lowest BCUT2D eigenvalue weighted by atomic mass is 10.1. The van der Waals surface area contributed by atoms with Crippen molar-refractivity contribution in [2.45, 2.75) is 31.3 Å². The molecule has 0 atom stereocenters. The maximum absolute atomic E-state index is 14.2. The fraction of sp³-hybridized carbons (Fsp3) is 0.263. The smallest absolute Gasteiger partial charge is 0.251 e. The molecule has 0 saturated heterocycles. The Morgan fingerprint density at radius 2 is 2.12 bits per heavy atom. The Balaban J connectivity index is 1.98. The average Bonchev–Trinajstić information content (AvgIpc) is 2.59. The number of benzene rings is 2. The molecule has 2 amide bonds. The lowest BCUT2D eigenvalue weighted by Crippen LogP contribution is -2.36. The zero-order chi connectivity index (χ0) is 18.8. The average molecular weight is 393 g/mol. The summed E-state index contributed by atoms with van der Waals surface area (Å²) in [5.74, 6) is -0.562. The van der Waals surface area contributed by atoms with Crippen LogP contribution in [0.2, 0.25) is 5.02 Å². The third kappa shape index (κ3) is 3.86. The molecule has 7 heteroatoms. The van der Waals surface area contributed by atoms with Gasteiger partial charge in [-0.15, -0.1) is 11.8 Å². The van der Waals surface area contributed by atoms with Crippen LogP contribution in [0.15, 0.2) is 41.3 Å². The number of halogens is 2. The molecule has 0 aliphatic carbocycles. The Hall–Kier alpha value is -2.05. The molecule has 3 rings (SSSR count). The minimum atomic E-state index is -0.459. The molecule has 0 bridgehead atoms. The second kappa shape index (κ2) is 7.68. The van der Waals surface area contributed by atoms with E-state index in [1.54, 1.807) is 18.2 Å². The summed E-state index contributed by atoms with van der Waals surface area (Å²) in [7, 11) is 0. The van der Waals surface area contributed by atoms with Crippen LogP contribution in [-0.4, -0.2) is 23.6 Å². The zero-order valence-electron chi connectivity index (χ0n) is 14.4. The van der Waals surface area contributed by atoms with Crippen LogP contribution in [0.25, 0.3) is 0 Å². The molecule has 1 aliphatic rings. The van der Waals surface area contributed by atoms with E-state index in [0.29, 0.717) is 11.3 Å². The highest BCUT2D eigenvalue weighted by atomic mass is 35.5. The standard InChI is InChI=1S/C19H18ClFN2O2S/c1-11(2)22-19(25)12-6-7-17-16(8-12)23(18(24)10-26-17)9-13-14(20)4-3-5-15(13)21/h3-8,11H,9-10H2,1-2H3,(H,22,25). The first-order chi connectivity index (χ1) is 12.4. The summed E-state index contributed by atoms with van der Waals surface area (Å²) in [5.41, 5.74) is 1.32. The van der Waals surface area contributed by atoms with E-state index in [1.165, 1.54) is 28.8 Å². The number of anilines is 1. The van der Waals surface area contributed by atoms with Crippen LogP contribution < -0.4 is 10.2 Å². The number of hydrogen-bond acceptors (Lipinski definition) is 3. The van der Waals surface area contributed by atoms with E-state index in [4.69, 9.17) is 11.6 Å². The van der Waals surface area contributed by atoms with E-state index in [-0.39, 0.29) is 40.7 Å². The van der Waals surface area contributed by atoms with E-state index in [9.17, 15) is 14.0 Å². The van der Waals surface area contributed by atoms with Crippen LogP contribution in [0.4, 0.5) is 10.1 Å². The maximum Gasteiger partial charge on any atom is 0.251 e. The van der Waals surface area contributed by atoms with E-state index in [2.05, 4.69) is 5.32 Å².